The molecule has 0 spiro atoms. The maximum atomic E-state index is 13.6. The van der Waals surface area contributed by atoms with Crippen LogP contribution in [-0.2, 0) is 11.6 Å². The van der Waals surface area contributed by atoms with E-state index in [2.05, 4.69) is 6.07 Å². The first-order chi connectivity index (χ1) is 22.7. The van der Waals surface area contributed by atoms with Gasteiger partial charge in [0.25, 0.3) is 5.91 Å². The summed E-state index contributed by atoms with van der Waals surface area (Å²) in [4.78, 5) is 33.6. The molecule has 2 aliphatic rings. The summed E-state index contributed by atoms with van der Waals surface area (Å²) in [7, 11) is 0. The fourth-order valence-corrected chi connectivity index (χ4v) is 8.43. The molecule has 3 heterocycles. The van der Waals surface area contributed by atoms with Crippen LogP contribution in [0.4, 0.5) is 13.2 Å². The fourth-order valence-electron chi connectivity index (χ4n) is 7.44. The Labute approximate surface area is 275 Å². The van der Waals surface area contributed by atoms with Crippen LogP contribution in [0.5, 0.6) is 0 Å². The van der Waals surface area contributed by atoms with Crippen LogP contribution in [0.15, 0.2) is 88.9 Å². The van der Waals surface area contributed by atoms with Gasteiger partial charge in [0.2, 0.25) is 0 Å². The van der Waals surface area contributed by atoms with Crippen LogP contribution in [0.25, 0.3) is 22.1 Å². The fraction of sp³-hybridized carbons (Fsp3) is 0.342. The molecule has 2 fully saturated rings. The summed E-state index contributed by atoms with van der Waals surface area (Å²) in [5.41, 5.74) is 3.51. The Hall–Kier alpha value is -4.24. The molecule has 1 aliphatic carbocycles. The number of likely N-dealkylation sites (tertiary alicyclic amines) is 1. The van der Waals surface area contributed by atoms with E-state index in [4.69, 9.17) is 9.40 Å². The molecule has 242 valence electrons. The highest BCUT2D eigenvalue weighted by Crippen LogP contribution is 2.48. The molecule has 1 saturated heterocycles. The molecule has 5 nitrogen and oxygen atoms in total. The van der Waals surface area contributed by atoms with Crippen molar-refractivity contribution in [1.82, 2.24) is 9.88 Å². The lowest BCUT2D eigenvalue weighted by Gasteiger charge is -2.31. The Balaban J connectivity index is 0.982. The molecule has 0 atom stereocenters. The summed E-state index contributed by atoms with van der Waals surface area (Å²) in [6.07, 6.45) is 4.55. The summed E-state index contributed by atoms with van der Waals surface area (Å²) in [6.45, 7) is 1.07. The third-order valence-electron chi connectivity index (χ3n) is 10.1. The summed E-state index contributed by atoms with van der Waals surface area (Å²) in [5, 5.41) is 3.96. The van der Waals surface area contributed by atoms with Gasteiger partial charge in [0.05, 0.1) is 16.8 Å². The number of hydrogen-bond donors (Lipinski definition) is 0. The van der Waals surface area contributed by atoms with Gasteiger partial charge in [0.1, 0.15) is 11.3 Å². The van der Waals surface area contributed by atoms with Gasteiger partial charge in [-0.3, -0.25) is 9.59 Å². The monoisotopic (exact) mass is 656 g/mol. The minimum Gasteiger partial charge on any atom is -0.464 e. The van der Waals surface area contributed by atoms with E-state index in [9.17, 15) is 22.8 Å². The number of furan rings is 1. The maximum Gasteiger partial charge on any atom is 0.416 e. The topological polar surface area (TPSA) is 63.4 Å². The van der Waals surface area contributed by atoms with Crippen molar-refractivity contribution < 1.29 is 27.2 Å². The largest absolute Gasteiger partial charge is 0.464 e. The predicted octanol–water partition coefficient (Wildman–Crippen LogP) is 10.1. The first-order valence-electron chi connectivity index (χ1n) is 16.2. The van der Waals surface area contributed by atoms with Gasteiger partial charge >= 0.3 is 6.18 Å². The van der Waals surface area contributed by atoms with Gasteiger partial charge in [-0.25, -0.2) is 4.98 Å². The minimum absolute atomic E-state index is 0.0500. The van der Waals surface area contributed by atoms with E-state index in [1.54, 1.807) is 29.2 Å². The number of carbonyl (C=O) groups is 2. The van der Waals surface area contributed by atoms with Crippen molar-refractivity contribution in [1.29, 1.82) is 0 Å². The van der Waals surface area contributed by atoms with Crippen molar-refractivity contribution >= 4 is 34.0 Å². The van der Waals surface area contributed by atoms with Crippen molar-refractivity contribution in [3.63, 3.8) is 0 Å². The Morgan fingerprint density at radius 1 is 0.936 bits per heavy atom. The third-order valence-corrected chi connectivity index (χ3v) is 11.1. The normalized spacial score (nSPS) is 17.0. The number of piperidine rings is 1. The lowest BCUT2D eigenvalue weighted by molar-refractivity contribution is -0.137. The van der Waals surface area contributed by atoms with E-state index in [1.807, 2.05) is 29.8 Å². The minimum atomic E-state index is -4.42. The number of hydrogen-bond acceptors (Lipinski definition) is 5. The molecular formula is C38H35F3N2O3S. The van der Waals surface area contributed by atoms with E-state index in [0.717, 1.165) is 73.1 Å². The predicted molar refractivity (Wildman–Crippen MR) is 177 cm³/mol. The first-order valence-corrected chi connectivity index (χ1v) is 17.1. The summed E-state index contributed by atoms with van der Waals surface area (Å²) in [5.74, 6) is 0.0912. The van der Waals surface area contributed by atoms with Crippen molar-refractivity contribution in [3.8, 4) is 11.1 Å². The standard InChI is InChI=1S/C38H35F3N2O3S/c39-38(40,41)27-13-11-25(12-14-27)28-7-1-2-8-29(28)36(45)43-21-16-26(17-22-43)35-42-32(24-47-35)33(44)15-20-37(18-5-6-19-37)31-23-46-34-10-4-3-9-30(31)34/h1-4,7-14,23-24,26H,5-6,15-22H2. The van der Waals surface area contributed by atoms with Crippen LogP contribution in [0, 0.1) is 0 Å². The zero-order valence-electron chi connectivity index (χ0n) is 25.9. The van der Waals surface area contributed by atoms with Gasteiger partial charge in [-0.2, -0.15) is 13.2 Å². The second-order valence-electron chi connectivity index (χ2n) is 12.8. The molecule has 0 unspecified atom stereocenters. The third kappa shape index (κ3) is 6.25. The zero-order chi connectivity index (χ0) is 32.6. The van der Waals surface area contributed by atoms with Crippen LogP contribution >= 0.6 is 11.3 Å². The molecule has 0 N–H and O–H groups in total. The van der Waals surface area contributed by atoms with Gasteiger partial charge in [0.15, 0.2) is 5.78 Å². The molecular weight excluding hydrogens is 621 g/mol. The molecule has 0 radical (unpaired) electrons. The van der Waals surface area contributed by atoms with Gasteiger partial charge < -0.3 is 9.32 Å². The van der Waals surface area contributed by atoms with E-state index in [-0.39, 0.29) is 23.0 Å². The van der Waals surface area contributed by atoms with Crippen LogP contribution < -0.4 is 0 Å². The summed E-state index contributed by atoms with van der Waals surface area (Å²) >= 11 is 1.52. The number of Topliss-reactive ketones (excluding diaryl/α,β-unsaturated/α-hetero) is 1. The number of thiazole rings is 1. The summed E-state index contributed by atoms with van der Waals surface area (Å²) < 4.78 is 45.1. The Bertz CT molecular complexity index is 1900. The number of benzene rings is 3. The lowest BCUT2D eigenvalue weighted by Crippen LogP contribution is -2.38. The highest BCUT2D eigenvalue weighted by molar-refractivity contribution is 7.09. The van der Waals surface area contributed by atoms with E-state index in [1.165, 1.54) is 29.0 Å². The molecule has 0 bridgehead atoms. The number of carbonyl (C=O) groups excluding carboxylic acids is 2. The van der Waals surface area contributed by atoms with Gasteiger partial charge in [-0.05, 0) is 72.9 Å². The molecule has 2 aromatic heterocycles. The number of rotatable bonds is 8. The number of halogens is 3. The number of aromatic nitrogens is 1. The molecule has 3 aromatic carbocycles. The number of para-hydroxylation sites is 1. The van der Waals surface area contributed by atoms with Crippen molar-refractivity contribution in [2.75, 3.05) is 13.1 Å². The quantitative estimate of drug-likeness (QED) is 0.156. The van der Waals surface area contributed by atoms with E-state index in [0.29, 0.717) is 41.9 Å². The Kier molecular flexibility index (Phi) is 8.51. The molecule has 1 aliphatic heterocycles. The number of alkyl halides is 3. The molecule has 47 heavy (non-hydrogen) atoms. The maximum absolute atomic E-state index is 13.6. The SMILES string of the molecule is O=C(CCC1(c2coc3ccccc23)CCCC1)c1csc(C2CCN(C(=O)c3ccccc3-c3ccc(C(F)(F)F)cc3)CC2)n1. The van der Waals surface area contributed by atoms with Crippen LogP contribution in [-0.4, -0.2) is 34.7 Å². The number of ketones is 1. The molecule has 7 rings (SSSR count). The number of amides is 1. The smallest absolute Gasteiger partial charge is 0.416 e. The molecule has 5 aromatic rings. The van der Waals surface area contributed by atoms with Crippen LogP contribution in [0.2, 0.25) is 0 Å². The average molecular weight is 657 g/mol. The second-order valence-corrected chi connectivity index (χ2v) is 13.7. The van der Waals surface area contributed by atoms with Crippen molar-refractivity contribution in [2.24, 2.45) is 0 Å². The van der Waals surface area contributed by atoms with Crippen LogP contribution in [0.1, 0.15) is 94.3 Å². The van der Waals surface area contributed by atoms with Crippen molar-refractivity contribution in [3.05, 3.63) is 112 Å². The van der Waals surface area contributed by atoms with Crippen LogP contribution in [0.3, 0.4) is 0 Å². The number of nitrogens with zero attached hydrogens (tertiary/aromatic N) is 2. The Morgan fingerprint density at radius 3 is 2.38 bits per heavy atom. The highest BCUT2D eigenvalue weighted by Gasteiger charge is 2.38. The Morgan fingerprint density at radius 2 is 1.64 bits per heavy atom. The van der Waals surface area contributed by atoms with Gasteiger partial charge in [-0.15, -0.1) is 11.3 Å². The summed E-state index contributed by atoms with van der Waals surface area (Å²) in [6, 6.07) is 20.1. The van der Waals surface area contributed by atoms with E-state index < -0.39 is 11.7 Å². The molecule has 1 saturated carbocycles. The average Bonchev–Trinajstić information content (AvgIpc) is 3.88. The molecule has 1 amide bonds. The molecule has 9 heteroatoms. The van der Waals surface area contributed by atoms with Gasteiger partial charge in [0, 0.05) is 47.3 Å². The second kappa shape index (κ2) is 12.8. The highest BCUT2D eigenvalue weighted by atomic mass is 32.1. The first kappa shape index (κ1) is 31.4. The van der Waals surface area contributed by atoms with Crippen molar-refractivity contribution in [2.45, 2.75) is 68.9 Å². The van der Waals surface area contributed by atoms with Gasteiger partial charge in [-0.1, -0.05) is 61.4 Å². The lowest BCUT2D eigenvalue weighted by atomic mass is 9.74. The van der Waals surface area contributed by atoms with E-state index >= 15 is 0 Å². The zero-order valence-corrected chi connectivity index (χ0v) is 26.7. The number of fused-ring (bicyclic) bond motifs is 1.